The Kier molecular flexibility index (Phi) is 7.72. The van der Waals surface area contributed by atoms with E-state index in [4.69, 9.17) is 10.5 Å². The maximum absolute atomic E-state index is 11.5. The summed E-state index contributed by atoms with van der Waals surface area (Å²) in [5, 5.41) is 2.91. The first-order chi connectivity index (χ1) is 7.13. The van der Waals surface area contributed by atoms with E-state index in [1.54, 1.807) is 0 Å². The summed E-state index contributed by atoms with van der Waals surface area (Å²) in [5.74, 6) is -0.0528. The van der Waals surface area contributed by atoms with Crippen molar-refractivity contribution in [3.8, 4) is 0 Å². The van der Waals surface area contributed by atoms with Gasteiger partial charge in [-0.1, -0.05) is 6.92 Å². The van der Waals surface area contributed by atoms with Gasteiger partial charge in [-0.25, -0.2) is 0 Å². The summed E-state index contributed by atoms with van der Waals surface area (Å²) in [4.78, 5) is 11.5. The molecule has 1 aliphatic rings. The number of hydrogen-bond donors (Lipinski definition) is 2. The van der Waals surface area contributed by atoms with Gasteiger partial charge in [0.25, 0.3) is 0 Å². The van der Waals surface area contributed by atoms with Gasteiger partial charge in [0.1, 0.15) is 0 Å². The number of ether oxygens (including phenoxy) is 1. The van der Waals surface area contributed by atoms with E-state index in [1.807, 2.05) is 13.8 Å². The van der Waals surface area contributed by atoms with E-state index in [9.17, 15) is 4.79 Å². The Labute approximate surface area is 104 Å². The molecule has 0 bridgehead atoms. The molecule has 1 amide bonds. The van der Waals surface area contributed by atoms with Crippen LogP contribution in [0.4, 0.5) is 0 Å². The van der Waals surface area contributed by atoms with Crippen molar-refractivity contribution in [1.82, 2.24) is 5.32 Å². The van der Waals surface area contributed by atoms with Crippen LogP contribution in [-0.2, 0) is 9.53 Å². The highest BCUT2D eigenvalue weighted by molar-refractivity contribution is 5.85. The quantitative estimate of drug-likeness (QED) is 0.771. The highest BCUT2D eigenvalue weighted by Crippen LogP contribution is 2.16. The van der Waals surface area contributed by atoms with Gasteiger partial charge in [0.05, 0.1) is 12.1 Å². The van der Waals surface area contributed by atoms with Crippen LogP contribution in [0.3, 0.4) is 0 Å². The number of carbonyl (C=O) groups excluding carboxylic acids is 1. The van der Waals surface area contributed by atoms with Crippen LogP contribution in [0.25, 0.3) is 0 Å². The van der Waals surface area contributed by atoms with Crippen LogP contribution < -0.4 is 11.1 Å². The lowest BCUT2D eigenvalue weighted by Crippen LogP contribution is -2.44. The zero-order chi connectivity index (χ0) is 11.3. The lowest BCUT2D eigenvalue weighted by molar-refractivity contribution is -0.123. The largest absolute Gasteiger partial charge is 0.378 e. The number of nitrogens with one attached hydrogen (secondary N) is 1. The highest BCUT2D eigenvalue weighted by Gasteiger charge is 2.20. The summed E-state index contributed by atoms with van der Waals surface area (Å²) >= 11 is 0. The lowest BCUT2D eigenvalue weighted by Gasteiger charge is -2.19. The molecule has 96 valence electrons. The molecule has 3 atom stereocenters. The van der Waals surface area contributed by atoms with E-state index >= 15 is 0 Å². The van der Waals surface area contributed by atoms with E-state index < -0.39 is 0 Å². The van der Waals surface area contributed by atoms with Crippen molar-refractivity contribution < 1.29 is 9.53 Å². The van der Waals surface area contributed by atoms with Crippen LogP contribution >= 0.6 is 12.4 Å². The Balaban J connectivity index is 0.00000225. The number of nitrogens with two attached hydrogens (primary N) is 1. The number of rotatable bonds is 5. The summed E-state index contributed by atoms with van der Waals surface area (Å²) in [6, 6.07) is -0.227. The second kappa shape index (κ2) is 7.87. The van der Waals surface area contributed by atoms with Gasteiger partial charge in [-0.2, -0.15) is 0 Å². The van der Waals surface area contributed by atoms with Crippen LogP contribution in [-0.4, -0.2) is 30.7 Å². The fourth-order valence-electron chi connectivity index (χ4n) is 1.82. The molecule has 3 N–H and O–H groups in total. The van der Waals surface area contributed by atoms with Gasteiger partial charge < -0.3 is 15.8 Å². The van der Waals surface area contributed by atoms with E-state index in [2.05, 4.69) is 5.32 Å². The molecule has 2 unspecified atom stereocenters. The van der Waals surface area contributed by atoms with Gasteiger partial charge in [0, 0.05) is 12.6 Å². The maximum atomic E-state index is 11.5. The fourth-order valence-corrected chi connectivity index (χ4v) is 1.82. The molecule has 4 nitrogen and oxygen atoms in total. The molecule has 1 rings (SSSR count). The third kappa shape index (κ3) is 5.14. The van der Waals surface area contributed by atoms with Crippen molar-refractivity contribution in [2.75, 3.05) is 6.61 Å². The summed E-state index contributed by atoms with van der Waals surface area (Å²) in [6.07, 6.45) is 4.14. The van der Waals surface area contributed by atoms with Gasteiger partial charge in [-0.3, -0.25) is 4.79 Å². The van der Waals surface area contributed by atoms with Crippen LogP contribution in [0.2, 0.25) is 0 Å². The van der Waals surface area contributed by atoms with Crippen molar-refractivity contribution in [3.63, 3.8) is 0 Å². The minimum atomic E-state index is -0.378. The predicted octanol–water partition coefficient (Wildman–Crippen LogP) is 1.22. The molecular weight excluding hydrogens is 228 g/mol. The average Bonchev–Trinajstić information content (AvgIpc) is 2.68. The van der Waals surface area contributed by atoms with Gasteiger partial charge >= 0.3 is 0 Å². The zero-order valence-electron chi connectivity index (χ0n) is 10.1. The van der Waals surface area contributed by atoms with Gasteiger partial charge in [0.2, 0.25) is 5.91 Å². The average molecular weight is 251 g/mol. The molecule has 16 heavy (non-hydrogen) atoms. The van der Waals surface area contributed by atoms with Crippen LogP contribution in [0.5, 0.6) is 0 Å². The standard InChI is InChI=1S/C11H22N2O2.ClH/c1-3-10(12)11(14)13-8(2)7-9-5-4-6-15-9;/h8-10H,3-7,12H2,1-2H3,(H,13,14);1H/t8?,9?,10-;/m0./s1. The van der Waals surface area contributed by atoms with Crippen LogP contribution in [0, 0.1) is 0 Å². The normalized spacial score (nSPS) is 23.3. The van der Waals surface area contributed by atoms with Crippen molar-refractivity contribution in [1.29, 1.82) is 0 Å². The monoisotopic (exact) mass is 250 g/mol. The molecule has 1 saturated heterocycles. The second-order valence-corrected chi connectivity index (χ2v) is 4.30. The van der Waals surface area contributed by atoms with Gasteiger partial charge in [0.15, 0.2) is 0 Å². The third-order valence-electron chi connectivity index (χ3n) is 2.81. The fraction of sp³-hybridized carbons (Fsp3) is 0.909. The van der Waals surface area contributed by atoms with E-state index in [-0.39, 0.29) is 30.4 Å². The molecule has 1 heterocycles. The second-order valence-electron chi connectivity index (χ2n) is 4.30. The van der Waals surface area contributed by atoms with Crippen molar-refractivity contribution in [2.45, 2.75) is 57.7 Å². The molecule has 5 heteroatoms. The summed E-state index contributed by atoms with van der Waals surface area (Å²) in [7, 11) is 0. The first-order valence-electron chi connectivity index (χ1n) is 5.81. The number of hydrogen-bond acceptors (Lipinski definition) is 3. The summed E-state index contributed by atoms with van der Waals surface area (Å²) in [5.41, 5.74) is 5.63. The van der Waals surface area contributed by atoms with Gasteiger partial charge in [-0.15, -0.1) is 12.4 Å². The van der Waals surface area contributed by atoms with Crippen LogP contribution in [0.15, 0.2) is 0 Å². The number of halogens is 1. The van der Waals surface area contributed by atoms with Crippen LogP contribution in [0.1, 0.15) is 39.5 Å². The topological polar surface area (TPSA) is 64.4 Å². The predicted molar refractivity (Wildman–Crippen MR) is 66.7 cm³/mol. The summed E-state index contributed by atoms with van der Waals surface area (Å²) in [6.45, 7) is 4.77. The molecule has 0 aromatic carbocycles. The Morgan fingerprint density at radius 2 is 2.31 bits per heavy atom. The minimum absolute atomic E-state index is 0. The lowest BCUT2D eigenvalue weighted by atomic mass is 10.1. The van der Waals surface area contributed by atoms with E-state index in [0.29, 0.717) is 12.5 Å². The van der Waals surface area contributed by atoms with Gasteiger partial charge in [-0.05, 0) is 32.6 Å². The number of carbonyl (C=O) groups is 1. The Bertz CT molecular complexity index is 208. The Hall–Kier alpha value is -0.320. The Morgan fingerprint density at radius 1 is 1.62 bits per heavy atom. The zero-order valence-corrected chi connectivity index (χ0v) is 10.9. The van der Waals surface area contributed by atoms with Crippen molar-refractivity contribution in [2.24, 2.45) is 5.73 Å². The molecule has 0 radical (unpaired) electrons. The first-order valence-corrected chi connectivity index (χ1v) is 5.81. The first kappa shape index (κ1) is 15.7. The Morgan fingerprint density at radius 3 is 2.81 bits per heavy atom. The maximum Gasteiger partial charge on any atom is 0.237 e. The van der Waals surface area contributed by atoms with Crippen molar-refractivity contribution >= 4 is 18.3 Å². The highest BCUT2D eigenvalue weighted by atomic mass is 35.5. The minimum Gasteiger partial charge on any atom is -0.378 e. The molecule has 0 aliphatic carbocycles. The van der Waals surface area contributed by atoms with Crippen molar-refractivity contribution in [3.05, 3.63) is 0 Å². The molecule has 0 saturated carbocycles. The van der Waals surface area contributed by atoms with E-state index in [1.165, 1.54) is 0 Å². The molecule has 1 aliphatic heterocycles. The molecular formula is C11H23ClN2O2. The van der Waals surface area contributed by atoms with E-state index in [0.717, 1.165) is 25.9 Å². The third-order valence-corrected chi connectivity index (χ3v) is 2.81. The number of amides is 1. The smallest absolute Gasteiger partial charge is 0.237 e. The molecule has 1 fully saturated rings. The molecule has 0 spiro atoms. The molecule has 0 aromatic heterocycles. The SMILES string of the molecule is CC[C@H](N)C(=O)NC(C)CC1CCCO1.Cl. The summed E-state index contributed by atoms with van der Waals surface area (Å²) < 4.78 is 5.51. The molecule has 0 aromatic rings.